The Labute approximate surface area is 107 Å². The average Bonchev–Trinajstić information content (AvgIpc) is 2.67. The molecule has 1 N–H and O–H groups in total. The Kier molecular flexibility index (Phi) is 2.86. The van der Waals surface area contributed by atoms with Crippen LogP contribution in [0.25, 0.3) is 10.9 Å². The molecule has 18 heavy (non-hydrogen) atoms. The molecule has 1 fully saturated rings. The molecule has 3 rings (SSSR count). The fourth-order valence-electron chi connectivity index (χ4n) is 3.12. The Morgan fingerprint density at radius 3 is 2.72 bits per heavy atom. The van der Waals surface area contributed by atoms with Crippen LogP contribution in [0.15, 0.2) is 24.3 Å². The van der Waals surface area contributed by atoms with Gasteiger partial charge in [0.25, 0.3) is 0 Å². The van der Waals surface area contributed by atoms with Crippen molar-refractivity contribution >= 4 is 10.9 Å². The van der Waals surface area contributed by atoms with E-state index in [1.807, 2.05) is 23.9 Å². The first-order valence-electron chi connectivity index (χ1n) is 6.81. The zero-order chi connectivity index (χ0) is 12.6. The fourth-order valence-corrected chi connectivity index (χ4v) is 3.12. The maximum Gasteiger partial charge on any atom is 0.0731 e. The number of hydrogen-bond acceptors (Lipinski definition) is 2. The highest BCUT2D eigenvalue weighted by Gasteiger charge is 2.31. The monoisotopic (exact) mass is 244 g/mol. The first kappa shape index (κ1) is 11.7. The van der Waals surface area contributed by atoms with Crippen LogP contribution in [0.5, 0.6) is 0 Å². The Balaban J connectivity index is 1.95. The molecule has 1 saturated carbocycles. The topological polar surface area (TPSA) is 38.0 Å². The van der Waals surface area contributed by atoms with E-state index in [9.17, 15) is 5.11 Å². The van der Waals surface area contributed by atoms with Crippen LogP contribution in [0.4, 0.5) is 0 Å². The summed E-state index contributed by atoms with van der Waals surface area (Å²) in [6.07, 6.45) is 6.05. The molecule has 0 bridgehead atoms. The van der Waals surface area contributed by atoms with Crippen LogP contribution < -0.4 is 0 Å². The van der Waals surface area contributed by atoms with Gasteiger partial charge in [0.15, 0.2) is 0 Å². The third-order valence-electron chi connectivity index (χ3n) is 4.12. The van der Waals surface area contributed by atoms with E-state index in [0.717, 1.165) is 36.9 Å². The molecule has 1 aliphatic rings. The molecule has 0 atom stereocenters. The van der Waals surface area contributed by atoms with Gasteiger partial charge in [0, 0.05) is 18.9 Å². The summed E-state index contributed by atoms with van der Waals surface area (Å²) in [5.74, 6) is 0. The van der Waals surface area contributed by atoms with Crippen molar-refractivity contribution in [1.82, 2.24) is 9.78 Å². The van der Waals surface area contributed by atoms with E-state index < -0.39 is 5.60 Å². The second-order valence-electron chi connectivity index (χ2n) is 5.55. The van der Waals surface area contributed by atoms with Crippen molar-refractivity contribution in [1.29, 1.82) is 0 Å². The van der Waals surface area contributed by atoms with Crippen molar-refractivity contribution in [2.75, 3.05) is 0 Å². The highest BCUT2D eigenvalue weighted by atomic mass is 16.3. The van der Waals surface area contributed by atoms with E-state index in [2.05, 4.69) is 17.2 Å². The van der Waals surface area contributed by atoms with E-state index >= 15 is 0 Å². The molecule has 96 valence electrons. The van der Waals surface area contributed by atoms with Crippen LogP contribution in [0.3, 0.4) is 0 Å². The van der Waals surface area contributed by atoms with Gasteiger partial charge in [-0.15, -0.1) is 0 Å². The quantitative estimate of drug-likeness (QED) is 0.882. The second-order valence-corrected chi connectivity index (χ2v) is 5.55. The molecule has 2 aromatic rings. The van der Waals surface area contributed by atoms with Crippen molar-refractivity contribution in [3.63, 3.8) is 0 Å². The summed E-state index contributed by atoms with van der Waals surface area (Å²) in [6, 6.07) is 8.25. The molecule has 1 aromatic heterocycles. The van der Waals surface area contributed by atoms with Gasteiger partial charge in [0.05, 0.1) is 16.8 Å². The van der Waals surface area contributed by atoms with Gasteiger partial charge >= 0.3 is 0 Å². The first-order chi connectivity index (χ1) is 8.68. The summed E-state index contributed by atoms with van der Waals surface area (Å²) in [5, 5.41) is 16.4. The smallest absolute Gasteiger partial charge is 0.0731 e. The lowest BCUT2D eigenvalue weighted by Gasteiger charge is -2.31. The molecule has 0 spiro atoms. The van der Waals surface area contributed by atoms with E-state index in [4.69, 9.17) is 0 Å². The van der Waals surface area contributed by atoms with Gasteiger partial charge in [-0.25, -0.2) is 0 Å². The molecule has 0 saturated heterocycles. The lowest BCUT2D eigenvalue weighted by molar-refractivity contribution is 0.00384. The molecule has 0 radical (unpaired) electrons. The van der Waals surface area contributed by atoms with Crippen molar-refractivity contribution in [2.45, 2.75) is 44.1 Å². The van der Waals surface area contributed by atoms with Gasteiger partial charge in [0.1, 0.15) is 0 Å². The molecule has 3 nitrogen and oxygen atoms in total. The summed E-state index contributed by atoms with van der Waals surface area (Å²) in [5.41, 5.74) is 1.65. The van der Waals surface area contributed by atoms with Crippen LogP contribution in [-0.2, 0) is 13.5 Å². The molecule has 1 aliphatic carbocycles. The predicted octanol–water partition coefficient (Wildman–Crippen LogP) is 2.81. The second kappa shape index (κ2) is 4.39. The van der Waals surface area contributed by atoms with E-state index in [0.29, 0.717) is 6.42 Å². The standard InChI is InChI=1S/C15H20N2O/c1-17-14-8-4-3-7-12(14)13(16-17)11-15(18)9-5-2-6-10-15/h3-4,7-8,18H,2,5-6,9-11H2,1H3. The first-order valence-corrected chi connectivity index (χ1v) is 6.81. The minimum Gasteiger partial charge on any atom is -0.389 e. The van der Waals surface area contributed by atoms with Gasteiger partial charge in [-0.3, -0.25) is 4.68 Å². The van der Waals surface area contributed by atoms with Crippen LogP contribution in [0, 0.1) is 0 Å². The molecular weight excluding hydrogens is 224 g/mol. The lowest BCUT2D eigenvalue weighted by atomic mass is 9.81. The minimum atomic E-state index is -0.532. The van der Waals surface area contributed by atoms with Crippen LogP contribution in [0.1, 0.15) is 37.8 Å². The van der Waals surface area contributed by atoms with E-state index in [1.165, 1.54) is 11.8 Å². The highest BCUT2D eigenvalue weighted by Crippen LogP contribution is 2.32. The summed E-state index contributed by atoms with van der Waals surface area (Å²) in [7, 11) is 1.97. The molecule has 1 aromatic carbocycles. The fraction of sp³-hybridized carbons (Fsp3) is 0.533. The molecule has 0 amide bonds. The maximum atomic E-state index is 10.6. The lowest BCUT2D eigenvalue weighted by Crippen LogP contribution is -2.34. The molecule has 0 aliphatic heterocycles. The summed E-state index contributed by atoms with van der Waals surface area (Å²) in [6.45, 7) is 0. The number of aromatic nitrogens is 2. The zero-order valence-electron chi connectivity index (χ0n) is 10.9. The van der Waals surface area contributed by atoms with Crippen LogP contribution in [0.2, 0.25) is 0 Å². The van der Waals surface area contributed by atoms with Crippen molar-refractivity contribution < 1.29 is 5.11 Å². The van der Waals surface area contributed by atoms with Crippen molar-refractivity contribution in [3.05, 3.63) is 30.0 Å². The molecule has 0 unspecified atom stereocenters. The third-order valence-corrected chi connectivity index (χ3v) is 4.12. The van der Waals surface area contributed by atoms with Crippen molar-refractivity contribution in [2.24, 2.45) is 7.05 Å². The number of aryl methyl sites for hydroxylation is 1. The molecule has 3 heteroatoms. The summed E-state index contributed by atoms with van der Waals surface area (Å²) in [4.78, 5) is 0. The largest absolute Gasteiger partial charge is 0.389 e. The van der Waals surface area contributed by atoms with Gasteiger partial charge in [0.2, 0.25) is 0 Å². The van der Waals surface area contributed by atoms with Gasteiger partial charge in [-0.2, -0.15) is 5.10 Å². The Morgan fingerprint density at radius 2 is 1.94 bits per heavy atom. The summed E-state index contributed by atoms with van der Waals surface area (Å²) >= 11 is 0. The van der Waals surface area contributed by atoms with Crippen LogP contribution >= 0.6 is 0 Å². The number of nitrogens with zero attached hydrogens (tertiary/aromatic N) is 2. The van der Waals surface area contributed by atoms with Crippen LogP contribution in [-0.4, -0.2) is 20.5 Å². The van der Waals surface area contributed by atoms with Crippen molar-refractivity contribution in [3.8, 4) is 0 Å². The zero-order valence-corrected chi connectivity index (χ0v) is 10.9. The normalized spacial score (nSPS) is 19.2. The highest BCUT2D eigenvalue weighted by molar-refractivity contribution is 5.81. The number of rotatable bonds is 2. The van der Waals surface area contributed by atoms with E-state index in [-0.39, 0.29) is 0 Å². The maximum absolute atomic E-state index is 10.6. The Morgan fingerprint density at radius 1 is 1.22 bits per heavy atom. The van der Waals surface area contributed by atoms with E-state index in [1.54, 1.807) is 0 Å². The Bertz CT molecular complexity index is 553. The van der Waals surface area contributed by atoms with Gasteiger partial charge < -0.3 is 5.11 Å². The number of para-hydroxylation sites is 1. The van der Waals surface area contributed by atoms with Gasteiger partial charge in [-0.1, -0.05) is 37.5 Å². The minimum absolute atomic E-state index is 0.532. The Hall–Kier alpha value is -1.35. The number of fused-ring (bicyclic) bond motifs is 1. The predicted molar refractivity (Wildman–Crippen MR) is 72.5 cm³/mol. The number of hydrogen-bond donors (Lipinski definition) is 1. The average molecular weight is 244 g/mol. The third kappa shape index (κ3) is 2.03. The number of aliphatic hydroxyl groups is 1. The number of benzene rings is 1. The molecular formula is C15H20N2O. The SMILES string of the molecule is Cn1nc(CC2(O)CCCCC2)c2ccccc21. The molecule has 1 heterocycles. The summed E-state index contributed by atoms with van der Waals surface area (Å²) < 4.78 is 1.91. The van der Waals surface area contributed by atoms with Gasteiger partial charge in [-0.05, 0) is 18.9 Å².